The van der Waals surface area contributed by atoms with Gasteiger partial charge in [0.1, 0.15) is 47.6 Å². The Morgan fingerprint density at radius 2 is 1.79 bits per heavy atom. The highest BCUT2D eigenvalue weighted by Gasteiger charge is 2.42. The number of ether oxygens (including phenoxy) is 3. The summed E-state index contributed by atoms with van der Waals surface area (Å²) in [4.78, 5) is 61.6. The molecule has 82 heavy (non-hydrogen) atoms. The van der Waals surface area contributed by atoms with Crippen LogP contribution in [0.2, 0.25) is 0 Å². The van der Waals surface area contributed by atoms with Gasteiger partial charge in [-0.15, -0.1) is 11.3 Å². The van der Waals surface area contributed by atoms with Crippen LogP contribution in [-0.2, 0) is 27.5 Å². The molecular formula is C62H67FN12O6S. The van der Waals surface area contributed by atoms with Crippen molar-refractivity contribution in [1.82, 2.24) is 50.5 Å². The Balaban J connectivity index is 0.820. The van der Waals surface area contributed by atoms with Gasteiger partial charge in [0, 0.05) is 103 Å². The summed E-state index contributed by atoms with van der Waals surface area (Å²) in [5.41, 5.74) is 11.9. The highest BCUT2D eigenvalue weighted by molar-refractivity contribution is 7.13. The fraction of sp³-hybridized carbons (Fsp3) is 0.419. The molecule has 4 aromatic heterocycles. The number of rotatable bonds is 18. The molecule has 4 atom stereocenters. The summed E-state index contributed by atoms with van der Waals surface area (Å²) in [7, 11) is 1.82. The van der Waals surface area contributed by atoms with E-state index in [-0.39, 0.29) is 59.9 Å². The third-order valence-corrected chi connectivity index (χ3v) is 18.2. The van der Waals surface area contributed by atoms with Gasteiger partial charge in [-0.2, -0.15) is 20.2 Å². The minimum atomic E-state index is -0.793. The van der Waals surface area contributed by atoms with Crippen LogP contribution < -0.4 is 30.3 Å². The van der Waals surface area contributed by atoms with Crippen molar-refractivity contribution in [1.29, 1.82) is 0 Å². The number of nitrogens with one attached hydrogen (secondary N) is 4. The van der Waals surface area contributed by atoms with Crippen molar-refractivity contribution in [2.24, 2.45) is 5.92 Å². The Morgan fingerprint density at radius 3 is 2.51 bits per heavy atom. The van der Waals surface area contributed by atoms with Crippen LogP contribution in [0, 0.1) is 25.6 Å². The van der Waals surface area contributed by atoms with Crippen LogP contribution in [-0.4, -0.2) is 122 Å². The van der Waals surface area contributed by atoms with E-state index in [1.807, 2.05) is 82.7 Å². The first-order chi connectivity index (χ1) is 39.9. The molecule has 13 rings (SSSR count). The smallest absolute Gasteiger partial charge is 0.319 e. The Hall–Kier alpha value is -7.81. The predicted octanol–water partition coefficient (Wildman–Crippen LogP) is 9.84. The van der Waals surface area contributed by atoms with Crippen molar-refractivity contribution in [2.45, 2.75) is 122 Å². The fourth-order valence-electron chi connectivity index (χ4n) is 12.8. The van der Waals surface area contributed by atoms with Crippen molar-refractivity contribution in [2.75, 3.05) is 50.1 Å². The summed E-state index contributed by atoms with van der Waals surface area (Å²) >= 11 is 1.60. The van der Waals surface area contributed by atoms with E-state index in [1.165, 1.54) is 6.07 Å². The molecule has 8 heterocycles. The Labute approximate surface area is 478 Å². The number of aryl methyl sites for hydroxylation is 1. The lowest BCUT2D eigenvalue weighted by molar-refractivity contribution is -0.142. The average Bonchev–Trinajstić information content (AvgIpc) is 2.98. The minimum Gasteiger partial charge on any atom is -0.486 e. The quantitative estimate of drug-likeness (QED) is 0.0591. The van der Waals surface area contributed by atoms with E-state index in [9.17, 15) is 14.4 Å². The molecule has 1 aliphatic carbocycles. The number of aldehydes is 1. The molecule has 4 saturated heterocycles. The maximum atomic E-state index is 16.2. The van der Waals surface area contributed by atoms with E-state index in [2.05, 4.69) is 42.1 Å². The molecule has 2 bridgehead atoms. The van der Waals surface area contributed by atoms with Gasteiger partial charge in [0.15, 0.2) is 12.0 Å². The van der Waals surface area contributed by atoms with Gasteiger partial charge in [0.25, 0.3) is 0 Å². The summed E-state index contributed by atoms with van der Waals surface area (Å²) in [6.07, 6.45) is 9.72. The first-order valence-electron chi connectivity index (χ1n) is 28.7. The molecule has 0 radical (unpaired) electrons. The molecular weight excluding hydrogens is 1060 g/mol. The molecule has 20 heteroatoms. The largest absolute Gasteiger partial charge is 0.486 e. The zero-order valence-electron chi connectivity index (χ0n) is 46.8. The van der Waals surface area contributed by atoms with Crippen LogP contribution in [0.4, 0.5) is 15.9 Å². The maximum Gasteiger partial charge on any atom is 0.319 e. The number of thiazole rings is 1. The fourth-order valence-corrected chi connectivity index (χ4v) is 13.6. The van der Waals surface area contributed by atoms with Gasteiger partial charge in [-0.05, 0) is 104 Å². The molecule has 5 aliphatic rings. The summed E-state index contributed by atoms with van der Waals surface area (Å²) in [6, 6.07) is 17.1. The van der Waals surface area contributed by atoms with Crippen molar-refractivity contribution in [3.63, 3.8) is 0 Å². The first-order valence-corrected chi connectivity index (χ1v) is 29.6. The molecule has 4 aromatic carbocycles. The Kier molecular flexibility index (Phi) is 14.5. The molecule has 1 saturated carbocycles. The third kappa shape index (κ3) is 10.0. The van der Waals surface area contributed by atoms with Crippen LogP contribution in [0.3, 0.4) is 0 Å². The number of carbonyl (C=O) groups excluding carboxylic acids is 3. The van der Waals surface area contributed by atoms with Gasteiger partial charge in [0.2, 0.25) is 11.8 Å². The van der Waals surface area contributed by atoms with Crippen LogP contribution in [0.1, 0.15) is 109 Å². The van der Waals surface area contributed by atoms with E-state index in [0.29, 0.717) is 109 Å². The van der Waals surface area contributed by atoms with Gasteiger partial charge >= 0.3 is 6.01 Å². The number of likely N-dealkylation sites (tertiary alicyclic amines) is 1. The average molecular weight is 1130 g/mol. The number of fused-ring (bicyclic) bond motifs is 4. The molecule has 4 aliphatic heterocycles. The Morgan fingerprint density at radius 1 is 0.976 bits per heavy atom. The van der Waals surface area contributed by atoms with E-state index < -0.39 is 12.1 Å². The van der Waals surface area contributed by atoms with E-state index in [1.54, 1.807) is 33.3 Å². The predicted molar refractivity (Wildman–Crippen MR) is 313 cm³/mol. The van der Waals surface area contributed by atoms with Crippen molar-refractivity contribution < 1.29 is 33.0 Å². The number of nitrogens with zero attached hydrogens (tertiary/aromatic N) is 8. The van der Waals surface area contributed by atoms with Gasteiger partial charge in [0.05, 0.1) is 41.0 Å². The van der Waals surface area contributed by atoms with Gasteiger partial charge < -0.3 is 40.0 Å². The van der Waals surface area contributed by atoms with Crippen LogP contribution in [0.5, 0.6) is 11.8 Å². The van der Waals surface area contributed by atoms with E-state index >= 15 is 4.39 Å². The number of benzene rings is 4. The van der Waals surface area contributed by atoms with Gasteiger partial charge in [-0.25, -0.2) is 9.37 Å². The number of H-pyrrole nitrogens is 1. The third-order valence-electron chi connectivity index (χ3n) is 17.2. The monoisotopic (exact) mass is 1130 g/mol. The standard InChI is InChI=1S/C62H67FN12O6S/c1-33(2)56(61(78)73-18-6-7-52(73)60(77)66-25-36-8-11-39(12-9-36)58-35(4)67-32-82-58)75-29-47(51(30-76)72-75)43-15-10-37(21-49(43)64-5)31-80-57-54(53-34(3)48(63)24-50-46(53)27-68-71-50)44(38-13-14-38)23-45-55(57)69-62(81-42-16-19-79-20-17-42)70-59(45)74-28-40-22-41(74)26-65-40/h8-12,15,21,23-24,27,29-30,32-33,38,40-42,52,56,64-65H,6-7,13-14,16-20,22,25-26,28,31H2,1-5H3,(H,66,77)(H,68,71). The summed E-state index contributed by atoms with van der Waals surface area (Å²) < 4.78 is 37.4. The highest BCUT2D eigenvalue weighted by atomic mass is 32.1. The summed E-state index contributed by atoms with van der Waals surface area (Å²) in [5, 5.41) is 23.9. The lowest BCUT2D eigenvalue weighted by Crippen LogP contribution is -2.48. The SMILES string of the molecule is CNc1cc(COc2c(-c3c(C)c(F)cc4[nH]ncc34)c(C3CC3)cc3c(N4CC5CC4CN5)nc(OC4CCOCC4)nc23)ccc1-c1cn(C(C(=O)N2CCCC2C(=O)NCc2ccc(-c3scnc3C)cc2)C(C)C)nc1C=O. The topological polar surface area (TPSA) is 207 Å². The Bertz CT molecular complexity index is 3760. The zero-order valence-corrected chi connectivity index (χ0v) is 47.6. The number of halogens is 1. The lowest BCUT2D eigenvalue weighted by atomic mass is 9.88. The van der Waals surface area contributed by atoms with Gasteiger partial charge in [-0.3, -0.25) is 24.2 Å². The molecule has 2 amide bonds. The van der Waals surface area contributed by atoms with Gasteiger partial charge in [-0.1, -0.05) is 50.2 Å². The number of hydrogen-bond donors (Lipinski definition) is 4. The van der Waals surface area contributed by atoms with Crippen molar-refractivity contribution in [3.05, 3.63) is 112 Å². The van der Waals surface area contributed by atoms with E-state index in [0.717, 1.165) is 87.3 Å². The maximum absolute atomic E-state index is 16.2. The van der Waals surface area contributed by atoms with Crippen molar-refractivity contribution >= 4 is 62.7 Å². The van der Waals surface area contributed by atoms with Crippen molar-refractivity contribution in [3.8, 4) is 44.5 Å². The number of aromatic amines is 1. The molecule has 8 aromatic rings. The zero-order chi connectivity index (χ0) is 56.3. The second-order valence-corrected chi connectivity index (χ2v) is 23.8. The number of anilines is 2. The van der Waals surface area contributed by atoms with E-state index in [4.69, 9.17) is 29.3 Å². The minimum absolute atomic E-state index is 0.0930. The number of hydrogen-bond acceptors (Lipinski definition) is 15. The summed E-state index contributed by atoms with van der Waals surface area (Å²) in [5.74, 6) is 0.492. The normalized spacial score (nSPS) is 19.4. The molecule has 4 unspecified atom stereocenters. The molecule has 424 valence electrons. The highest BCUT2D eigenvalue weighted by Crippen LogP contribution is 2.54. The van der Waals surface area contributed by atoms with Crippen LogP contribution >= 0.6 is 11.3 Å². The lowest BCUT2D eigenvalue weighted by Gasteiger charge is -2.31. The number of piperazine rings is 1. The number of amides is 2. The second kappa shape index (κ2) is 22.2. The molecule has 18 nitrogen and oxygen atoms in total. The number of carbonyl (C=O) groups is 3. The first kappa shape index (κ1) is 53.5. The molecule has 0 spiro atoms. The summed E-state index contributed by atoms with van der Waals surface area (Å²) in [6.45, 7) is 11.4. The second-order valence-electron chi connectivity index (χ2n) is 22.9. The number of aromatic nitrogens is 7. The van der Waals surface area contributed by atoms with Crippen LogP contribution in [0.25, 0.3) is 54.5 Å². The molecule has 5 fully saturated rings. The molecule has 4 N–H and O–H groups in total. The van der Waals surface area contributed by atoms with Crippen LogP contribution in [0.15, 0.2) is 72.5 Å².